The maximum atomic E-state index is 11.8. The van der Waals surface area contributed by atoms with Crippen molar-refractivity contribution in [3.63, 3.8) is 0 Å². The van der Waals surface area contributed by atoms with Gasteiger partial charge in [0, 0.05) is 19.6 Å². The number of rotatable bonds is 4. The van der Waals surface area contributed by atoms with Crippen LogP contribution in [0.15, 0.2) is 0 Å². The number of carbonyl (C=O) groups excluding carboxylic acids is 1. The standard InChI is InChI=1S/C15H28N2O3/c1-14(6-4-2-3-5-7-14)10-16-13(18)17-11-15(19)8-9-20-12-15/h19H,2-12H2,1H3,(H2,16,17,18)/t15-/m0/s1. The Kier molecular flexibility index (Phi) is 5.27. The van der Waals surface area contributed by atoms with Crippen molar-refractivity contribution in [1.82, 2.24) is 10.6 Å². The molecule has 2 rings (SSSR count). The summed E-state index contributed by atoms with van der Waals surface area (Å²) in [6.45, 7) is 4.11. The molecule has 0 unspecified atom stereocenters. The number of hydrogen-bond acceptors (Lipinski definition) is 3. The highest BCUT2D eigenvalue weighted by atomic mass is 16.5. The molecule has 1 saturated carbocycles. The van der Waals surface area contributed by atoms with Crippen molar-refractivity contribution >= 4 is 6.03 Å². The van der Waals surface area contributed by atoms with Gasteiger partial charge in [0.2, 0.25) is 0 Å². The van der Waals surface area contributed by atoms with Gasteiger partial charge in [-0.3, -0.25) is 0 Å². The van der Waals surface area contributed by atoms with E-state index < -0.39 is 5.60 Å². The van der Waals surface area contributed by atoms with Crippen molar-refractivity contribution in [3.8, 4) is 0 Å². The topological polar surface area (TPSA) is 70.6 Å². The minimum Gasteiger partial charge on any atom is -0.386 e. The molecule has 3 N–H and O–H groups in total. The molecule has 20 heavy (non-hydrogen) atoms. The molecule has 0 bridgehead atoms. The van der Waals surface area contributed by atoms with E-state index in [-0.39, 0.29) is 18.0 Å². The molecule has 2 aliphatic rings. The molecular formula is C15H28N2O3. The second kappa shape index (κ2) is 6.76. The SMILES string of the molecule is CC1(CNC(=O)NC[C@@]2(O)CCOC2)CCCCCC1. The number of carbonyl (C=O) groups is 1. The van der Waals surface area contributed by atoms with Crippen molar-refractivity contribution in [2.45, 2.75) is 57.5 Å². The van der Waals surface area contributed by atoms with Crippen molar-refractivity contribution in [3.05, 3.63) is 0 Å². The molecule has 0 spiro atoms. The maximum Gasteiger partial charge on any atom is 0.314 e. The summed E-state index contributed by atoms with van der Waals surface area (Å²) in [4.78, 5) is 11.8. The van der Waals surface area contributed by atoms with Crippen LogP contribution in [0.1, 0.15) is 51.9 Å². The van der Waals surface area contributed by atoms with Gasteiger partial charge in [0.25, 0.3) is 0 Å². The van der Waals surface area contributed by atoms with Gasteiger partial charge in [-0.25, -0.2) is 4.79 Å². The summed E-state index contributed by atoms with van der Waals surface area (Å²) in [6, 6.07) is -0.184. The van der Waals surface area contributed by atoms with E-state index in [2.05, 4.69) is 17.6 Å². The van der Waals surface area contributed by atoms with Crippen LogP contribution in [0.3, 0.4) is 0 Å². The summed E-state index contributed by atoms with van der Waals surface area (Å²) < 4.78 is 5.16. The van der Waals surface area contributed by atoms with Crippen molar-refractivity contribution in [2.24, 2.45) is 5.41 Å². The Bertz CT molecular complexity index is 319. The van der Waals surface area contributed by atoms with E-state index in [0.717, 1.165) is 0 Å². The monoisotopic (exact) mass is 284 g/mol. The first-order valence-corrected chi connectivity index (χ1v) is 7.83. The Labute approximate surface area is 121 Å². The average molecular weight is 284 g/mol. The molecule has 5 heteroatoms. The summed E-state index contributed by atoms with van der Waals surface area (Å²) in [5.41, 5.74) is -0.662. The van der Waals surface area contributed by atoms with Crippen LogP contribution in [0.25, 0.3) is 0 Å². The second-order valence-electron chi connectivity index (χ2n) is 6.79. The first-order valence-electron chi connectivity index (χ1n) is 7.83. The van der Waals surface area contributed by atoms with E-state index in [1.165, 1.54) is 38.5 Å². The van der Waals surface area contributed by atoms with Gasteiger partial charge in [0.1, 0.15) is 5.60 Å². The zero-order valence-electron chi connectivity index (χ0n) is 12.5. The van der Waals surface area contributed by atoms with Crippen LogP contribution < -0.4 is 10.6 Å². The normalized spacial score (nSPS) is 29.7. The predicted molar refractivity (Wildman–Crippen MR) is 77.6 cm³/mol. The number of hydrogen-bond donors (Lipinski definition) is 3. The van der Waals surface area contributed by atoms with Crippen LogP contribution in [-0.2, 0) is 4.74 Å². The summed E-state index contributed by atoms with van der Waals surface area (Å²) in [5.74, 6) is 0. The lowest BCUT2D eigenvalue weighted by Gasteiger charge is -2.28. The first kappa shape index (κ1) is 15.6. The molecule has 0 radical (unpaired) electrons. The number of ether oxygens (including phenoxy) is 1. The van der Waals surface area contributed by atoms with Gasteiger partial charge in [-0.2, -0.15) is 0 Å². The van der Waals surface area contributed by atoms with E-state index in [1.807, 2.05) is 0 Å². The molecule has 0 aromatic carbocycles. The van der Waals surface area contributed by atoms with Crippen molar-refractivity contribution in [1.29, 1.82) is 0 Å². The van der Waals surface area contributed by atoms with Gasteiger partial charge in [0.05, 0.1) is 13.2 Å². The van der Waals surface area contributed by atoms with Gasteiger partial charge in [-0.15, -0.1) is 0 Å². The van der Waals surface area contributed by atoms with Crippen LogP contribution in [0, 0.1) is 5.41 Å². The zero-order chi connectivity index (χ0) is 14.5. The molecule has 2 amide bonds. The van der Waals surface area contributed by atoms with Crippen LogP contribution in [0.2, 0.25) is 0 Å². The second-order valence-corrected chi connectivity index (χ2v) is 6.79. The van der Waals surface area contributed by atoms with Gasteiger partial charge >= 0.3 is 6.03 Å². The van der Waals surface area contributed by atoms with Gasteiger partial charge in [-0.05, 0) is 18.3 Å². The van der Waals surface area contributed by atoms with Crippen LogP contribution in [-0.4, -0.2) is 43.0 Å². The molecule has 1 aliphatic carbocycles. The summed E-state index contributed by atoms with van der Waals surface area (Å²) >= 11 is 0. The molecule has 0 aromatic rings. The number of amides is 2. The van der Waals surface area contributed by atoms with Crippen LogP contribution in [0.4, 0.5) is 4.79 Å². The minimum atomic E-state index is -0.885. The molecule has 1 atom stereocenters. The summed E-state index contributed by atoms with van der Waals surface area (Å²) in [7, 11) is 0. The first-order chi connectivity index (χ1) is 9.52. The lowest BCUT2D eigenvalue weighted by molar-refractivity contribution is 0.0291. The highest BCUT2D eigenvalue weighted by Crippen LogP contribution is 2.33. The Hall–Kier alpha value is -0.810. The van der Waals surface area contributed by atoms with Crippen LogP contribution in [0.5, 0.6) is 0 Å². The van der Waals surface area contributed by atoms with E-state index in [9.17, 15) is 9.90 Å². The highest BCUT2D eigenvalue weighted by molar-refractivity contribution is 5.73. The third-order valence-corrected chi connectivity index (χ3v) is 4.65. The van der Waals surface area contributed by atoms with E-state index in [1.54, 1.807) is 0 Å². The molecule has 1 heterocycles. The fraction of sp³-hybridized carbons (Fsp3) is 0.933. The van der Waals surface area contributed by atoms with E-state index >= 15 is 0 Å². The summed E-state index contributed by atoms with van der Waals surface area (Å²) in [5, 5.41) is 15.8. The average Bonchev–Trinajstić information content (AvgIpc) is 2.74. The Morgan fingerprint density at radius 3 is 2.35 bits per heavy atom. The Balaban J connectivity index is 1.68. The lowest BCUT2D eigenvalue weighted by Crippen LogP contribution is -2.48. The quantitative estimate of drug-likeness (QED) is 0.689. The molecule has 116 valence electrons. The van der Waals surface area contributed by atoms with Gasteiger partial charge in [0.15, 0.2) is 0 Å². The molecule has 1 saturated heterocycles. The molecule has 0 aromatic heterocycles. The Morgan fingerprint density at radius 1 is 1.10 bits per heavy atom. The van der Waals surface area contributed by atoms with Gasteiger partial charge in [-0.1, -0.05) is 32.6 Å². The largest absolute Gasteiger partial charge is 0.386 e. The van der Waals surface area contributed by atoms with Crippen LogP contribution >= 0.6 is 0 Å². The molecular weight excluding hydrogens is 256 g/mol. The predicted octanol–water partition coefficient (Wildman–Crippen LogP) is 1.80. The molecule has 2 fully saturated rings. The smallest absolute Gasteiger partial charge is 0.314 e. The fourth-order valence-electron chi connectivity index (χ4n) is 3.10. The van der Waals surface area contributed by atoms with E-state index in [4.69, 9.17) is 4.74 Å². The third-order valence-electron chi connectivity index (χ3n) is 4.65. The zero-order valence-corrected chi connectivity index (χ0v) is 12.5. The number of nitrogens with one attached hydrogen (secondary N) is 2. The summed E-state index contributed by atoms with van der Waals surface area (Å²) in [6.07, 6.45) is 8.11. The lowest BCUT2D eigenvalue weighted by atomic mass is 9.82. The maximum absolute atomic E-state index is 11.8. The highest BCUT2D eigenvalue weighted by Gasteiger charge is 2.32. The third kappa shape index (κ3) is 4.63. The van der Waals surface area contributed by atoms with Crippen molar-refractivity contribution in [2.75, 3.05) is 26.3 Å². The number of urea groups is 1. The minimum absolute atomic E-state index is 0.184. The Morgan fingerprint density at radius 2 is 1.75 bits per heavy atom. The molecule has 1 aliphatic heterocycles. The van der Waals surface area contributed by atoms with E-state index in [0.29, 0.717) is 26.2 Å². The fourth-order valence-corrected chi connectivity index (χ4v) is 3.10. The molecule has 5 nitrogen and oxygen atoms in total. The number of aliphatic hydroxyl groups is 1. The van der Waals surface area contributed by atoms with Crippen molar-refractivity contribution < 1.29 is 14.6 Å². The van der Waals surface area contributed by atoms with Gasteiger partial charge < -0.3 is 20.5 Å².